The number of anilines is 1. The zero-order valence-electron chi connectivity index (χ0n) is 13.0. The highest BCUT2D eigenvalue weighted by Crippen LogP contribution is 2.04. The molecular formula is C15H17N5O4. The van der Waals surface area contributed by atoms with E-state index in [2.05, 4.69) is 20.6 Å². The number of nitrogens with one attached hydrogen (secondary N) is 3. The van der Waals surface area contributed by atoms with E-state index in [1.807, 2.05) is 0 Å². The number of pyridine rings is 1. The van der Waals surface area contributed by atoms with Crippen LogP contribution >= 0.6 is 0 Å². The molecule has 24 heavy (non-hydrogen) atoms. The van der Waals surface area contributed by atoms with Crippen molar-refractivity contribution in [2.45, 2.75) is 18.9 Å². The van der Waals surface area contributed by atoms with Crippen LogP contribution in [0.4, 0.5) is 5.69 Å². The van der Waals surface area contributed by atoms with Gasteiger partial charge in [0.05, 0.1) is 12.5 Å². The zero-order valence-corrected chi connectivity index (χ0v) is 13.0. The molecule has 0 aromatic carbocycles. The first kappa shape index (κ1) is 17.1. The number of hydrogen-bond donors (Lipinski definition) is 3. The topological polar surface area (TPSA) is 126 Å². The van der Waals surface area contributed by atoms with Crippen LogP contribution in [0.3, 0.4) is 0 Å². The monoisotopic (exact) mass is 331 g/mol. The summed E-state index contributed by atoms with van der Waals surface area (Å²) in [5, 5.41) is 5.00. The molecule has 0 unspecified atom stereocenters. The molecule has 0 aliphatic heterocycles. The first-order valence-corrected chi connectivity index (χ1v) is 7.22. The Morgan fingerprint density at radius 3 is 2.88 bits per heavy atom. The summed E-state index contributed by atoms with van der Waals surface area (Å²) >= 11 is 0. The largest absolute Gasteiger partial charge is 0.339 e. The average Bonchev–Trinajstić information content (AvgIpc) is 2.99. The number of hydrogen-bond acceptors (Lipinski definition) is 5. The summed E-state index contributed by atoms with van der Waals surface area (Å²) in [6, 6.07) is 2.04. The summed E-state index contributed by atoms with van der Waals surface area (Å²) in [7, 11) is 1.64. The van der Waals surface area contributed by atoms with Crippen molar-refractivity contribution in [1.82, 2.24) is 19.9 Å². The fourth-order valence-electron chi connectivity index (χ4n) is 2.05. The highest BCUT2D eigenvalue weighted by molar-refractivity contribution is 6.00. The van der Waals surface area contributed by atoms with E-state index in [4.69, 9.17) is 0 Å². The summed E-state index contributed by atoms with van der Waals surface area (Å²) in [6.07, 6.45) is 5.13. The Morgan fingerprint density at radius 2 is 2.25 bits per heavy atom. The first-order valence-electron chi connectivity index (χ1n) is 7.22. The Hall–Kier alpha value is -3.23. The second-order valence-electron chi connectivity index (χ2n) is 5.06. The minimum absolute atomic E-state index is 0.0633. The lowest BCUT2D eigenvalue weighted by atomic mass is 10.1. The van der Waals surface area contributed by atoms with Gasteiger partial charge in [-0.3, -0.25) is 14.4 Å². The normalized spacial score (nSPS) is 11.5. The maximum atomic E-state index is 12.3. The molecule has 0 radical (unpaired) electrons. The van der Waals surface area contributed by atoms with Crippen molar-refractivity contribution in [2.24, 2.45) is 7.05 Å². The SMILES string of the molecule is Cn1cncc1C(=O)N[C@@H](CCC=O)C(=O)Nc1ccc[nH]c1=O. The molecule has 2 aromatic heterocycles. The number of nitrogens with zero attached hydrogens (tertiary/aromatic N) is 2. The second-order valence-corrected chi connectivity index (χ2v) is 5.06. The van der Waals surface area contributed by atoms with Gasteiger partial charge in [-0.05, 0) is 18.6 Å². The lowest BCUT2D eigenvalue weighted by Crippen LogP contribution is -2.44. The van der Waals surface area contributed by atoms with Gasteiger partial charge in [0.2, 0.25) is 5.91 Å². The molecule has 9 nitrogen and oxygen atoms in total. The van der Waals surface area contributed by atoms with Gasteiger partial charge in [-0.25, -0.2) is 4.98 Å². The summed E-state index contributed by atoms with van der Waals surface area (Å²) in [5.41, 5.74) is -0.122. The second kappa shape index (κ2) is 7.86. The van der Waals surface area contributed by atoms with Crippen LogP contribution in [0, 0.1) is 0 Å². The Labute approximate surface area is 137 Å². The number of rotatable bonds is 7. The predicted octanol–water partition coefficient (Wildman–Crippen LogP) is -0.175. The maximum Gasteiger partial charge on any atom is 0.271 e. The fourth-order valence-corrected chi connectivity index (χ4v) is 2.05. The molecule has 0 saturated heterocycles. The highest BCUT2D eigenvalue weighted by Gasteiger charge is 2.23. The molecule has 2 rings (SSSR count). The Morgan fingerprint density at radius 1 is 1.46 bits per heavy atom. The molecule has 2 aromatic rings. The van der Waals surface area contributed by atoms with Gasteiger partial charge >= 0.3 is 0 Å². The number of imidazole rings is 1. The van der Waals surface area contributed by atoms with E-state index in [-0.39, 0.29) is 24.2 Å². The predicted molar refractivity (Wildman–Crippen MR) is 85.5 cm³/mol. The molecule has 0 aliphatic rings. The van der Waals surface area contributed by atoms with Gasteiger partial charge < -0.3 is 25.0 Å². The number of aromatic nitrogens is 3. The third-order valence-electron chi connectivity index (χ3n) is 3.32. The van der Waals surface area contributed by atoms with Crippen LogP contribution in [-0.2, 0) is 16.6 Å². The molecule has 0 fully saturated rings. The molecule has 0 spiro atoms. The van der Waals surface area contributed by atoms with Gasteiger partial charge in [0, 0.05) is 19.7 Å². The van der Waals surface area contributed by atoms with E-state index in [1.165, 1.54) is 29.4 Å². The number of H-pyrrole nitrogens is 1. The van der Waals surface area contributed by atoms with Crippen molar-refractivity contribution < 1.29 is 14.4 Å². The lowest BCUT2D eigenvalue weighted by molar-refractivity contribution is -0.118. The average molecular weight is 331 g/mol. The van der Waals surface area contributed by atoms with Gasteiger partial charge in [0.1, 0.15) is 23.7 Å². The molecule has 126 valence electrons. The van der Waals surface area contributed by atoms with Crippen molar-refractivity contribution in [3.63, 3.8) is 0 Å². The zero-order chi connectivity index (χ0) is 17.5. The summed E-state index contributed by atoms with van der Waals surface area (Å²) in [5.74, 6) is -1.08. The van der Waals surface area contributed by atoms with E-state index < -0.39 is 23.4 Å². The van der Waals surface area contributed by atoms with Crippen LogP contribution < -0.4 is 16.2 Å². The summed E-state index contributed by atoms with van der Waals surface area (Å²) in [4.78, 5) is 53.0. The maximum absolute atomic E-state index is 12.3. The van der Waals surface area contributed by atoms with Crippen molar-refractivity contribution in [3.05, 3.63) is 46.9 Å². The third kappa shape index (κ3) is 4.15. The first-order chi connectivity index (χ1) is 11.5. The molecule has 2 amide bonds. The van der Waals surface area contributed by atoms with Crippen molar-refractivity contribution in [3.8, 4) is 0 Å². The minimum atomic E-state index is -0.961. The third-order valence-corrected chi connectivity index (χ3v) is 3.32. The van der Waals surface area contributed by atoms with E-state index in [0.717, 1.165) is 0 Å². The van der Waals surface area contributed by atoms with Crippen LogP contribution in [0.2, 0.25) is 0 Å². The van der Waals surface area contributed by atoms with Crippen LogP contribution in [0.5, 0.6) is 0 Å². The van der Waals surface area contributed by atoms with Crippen LogP contribution in [0.15, 0.2) is 35.6 Å². The van der Waals surface area contributed by atoms with Crippen molar-refractivity contribution >= 4 is 23.8 Å². The van der Waals surface area contributed by atoms with Crippen molar-refractivity contribution in [1.29, 1.82) is 0 Å². The molecular weight excluding hydrogens is 314 g/mol. The Balaban J connectivity index is 2.12. The number of aldehydes is 1. The minimum Gasteiger partial charge on any atom is -0.339 e. The van der Waals surface area contributed by atoms with E-state index in [1.54, 1.807) is 13.1 Å². The van der Waals surface area contributed by atoms with Gasteiger partial charge in [0.15, 0.2) is 0 Å². The van der Waals surface area contributed by atoms with E-state index >= 15 is 0 Å². The molecule has 1 atom stereocenters. The quantitative estimate of drug-likeness (QED) is 0.607. The van der Waals surface area contributed by atoms with Crippen LogP contribution in [-0.4, -0.2) is 38.7 Å². The lowest BCUT2D eigenvalue weighted by Gasteiger charge is -2.17. The molecule has 0 aliphatic carbocycles. The number of carbonyl (C=O) groups is 3. The number of amides is 2. The number of aromatic amines is 1. The molecule has 0 bridgehead atoms. The fraction of sp³-hybridized carbons (Fsp3) is 0.267. The Kier molecular flexibility index (Phi) is 5.61. The van der Waals surface area contributed by atoms with Crippen LogP contribution in [0.1, 0.15) is 23.3 Å². The molecule has 3 N–H and O–H groups in total. The van der Waals surface area contributed by atoms with Gasteiger partial charge in [-0.1, -0.05) is 0 Å². The van der Waals surface area contributed by atoms with Gasteiger partial charge in [-0.2, -0.15) is 0 Å². The molecule has 2 heterocycles. The summed E-state index contributed by atoms with van der Waals surface area (Å²) < 4.78 is 1.51. The smallest absolute Gasteiger partial charge is 0.271 e. The highest BCUT2D eigenvalue weighted by atomic mass is 16.2. The number of carbonyl (C=O) groups excluding carboxylic acids is 3. The molecule has 9 heteroatoms. The standard InChI is InChI=1S/C15H17N5O4/c1-20-9-16-8-12(20)15(24)19-11(5-3-7-21)14(23)18-10-4-2-6-17-13(10)22/h2,4,6-9,11H,3,5H2,1H3,(H,17,22)(H,18,23)(H,19,24)/t11-/m0/s1. The molecule has 0 saturated carbocycles. The van der Waals surface area contributed by atoms with Crippen LogP contribution in [0.25, 0.3) is 0 Å². The van der Waals surface area contributed by atoms with E-state index in [0.29, 0.717) is 6.29 Å². The Bertz CT molecular complexity index is 795. The van der Waals surface area contributed by atoms with Gasteiger partial charge in [0.25, 0.3) is 11.5 Å². The van der Waals surface area contributed by atoms with Crippen molar-refractivity contribution in [2.75, 3.05) is 5.32 Å². The summed E-state index contributed by atoms with van der Waals surface area (Å²) in [6.45, 7) is 0. The van der Waals surface area contributed by atoms with E-state index in [9.17, 15) is 19.2 Å². The number of aryl methyl sites for hydroxylation is 1. The van der Waals surface area contributed by atoms with Gasteiger partial charge in [-0.15, -0.1) is 0 Å².